The molecule has 1 spiro atoms. The number of likely N-dealkylation sites (tertiary alicyclic amines) is 1. The summed E-state index contributed by atoms with van der Waals surface area (Å²) in [4.78, 5) is 25.6. The highest BCUT2D eigenvalue weighted by molar-refractivity contribution is 6.36. The molecule has 2 heterocycles. The van der Waals surface area contributed by atoms with Crippen molar-refractivity contribution in [3.05, 3.63) is 27.7 Å². The summed E-state index contributed by atoms with van der Waals surface area (Å²) in [6.07, 6.45) is 1.03. The molecule has 0 aromatic heterocycles. The van der Waals surface area contributed by atoms with E-state index in [2.05, 4.69) is 0 Å². The summed E-state index contributed by atoms with van der Waals surface area (Å²) in [6, 6.07) is 3.15. The summed E-state index contributed by atoms with van der Waals surface area (Å²) >= 11 is 12.1. The summed E-state index contributed by atoms with van der Waals surface area (Å²) in [5.41, 5.74) is -0.176. The van der Waals surface area contributed by atoms with Crippen LogP contribution in [-0.4, -0.2) is 42.6 Å². The monoisotopic (exact) mass is 343 g/mol. The quantitative estimate of drug-likeness (QED) is 0.722. The molecule has 2 aliphatic rings. The van der Waals surface area contributed by atoms with Gasteiger partial charge in [0.15, 0.2) is 5.78 Å². The number of piperidine rings is 1. The highest BCUT2D eigenvalue weighted by atomic mass is 35.5. The zero-order chi connectivity index (χ0) is 15.9. The van der Waals surface area contributed by atoms with Crippen molar-refractivity contribution in [2.75, 3.05) is 20.2 Å². The molecule has 1 fully saturated rings. The Hall–Kier alpha value is -1.46. The van der Waals surface area contributed by atoms with E-state index >= 15 is 0 Å². The van der Waals surface area contributed by atoms with Gasteiger partial charge in [0.2, 0.25) is 0 Å². The number of benzene rings is 1. The van der Waals surface area contributed by atoms with Gasteiger partial charge in [-0.15, -0.1) is 0 Å². The van der Waals surface area contributed by atoms with Gasteiger partial charge in [-0.05, 0) is 12.1 Å². The fourth-order valence-corrected chi connectivity index (χ4v) is 3.55. The van der Waals surface area contributed by atoms with Crippen molar-refractivity contribution in [2.45, 2.75) is 24.9 Å². The Morgan fingerprint density at radius 3 is 2.64 bits per heavy atom. The number of ether oxygens (including phenoxy) is 2. The predicted octanol–water partition coefficient (Wildman–Crippen LogP) is 3.56. The Bertz CT molecular complexity index is 639. The normalized spacial score (nSPS) is 19.6. The molecule has 0 unspecified atom stereocenters. The lowest BCUT2D eigenvalue weighted by Crippen LogP contribution is -2.52. The van der Waals surface area contributed by atoms with Gasteiger partial charge in [0.1, 0.15) is 11.4 Å². The van der Waals surface area contributed by atoms with E-state index in [9.17, 15) is 9.59 Å². The molecule has 2 aliphatic heterocycles. The SMILES string of the molecule is COC(=O)N1CCC2(CC1)CC(=O)c1cc(Cl)cc(Cl)c1O2. The van der Waals surface area contributed by atoms with Crippen LogP contribution in [-0.2, 0) is 4.74 Å². The molecule has 1 amide bonds. The Kier molecular flexibility index (Phi) is 3.95. The third-order valence-electron chi connectivity index (χ3n) is 4.22. The maximum Gasteiger partial charge on any atom is 0.409 e. The van der Waals surface area contributed by atoms with Crippen molar-refractivity contribution >= 4 is 35.1 Å². The van der Waals surface area contributed by atoms with Crippen LogP contribution >= 0.6 is 23.2 Å². The van der Waals surface area contributed by atoms with E-state index in [0.29, 0.717) is 47.3 Å². The number of Topliss-reactive ketones (excluding diaryl/α,β-unsaturated/α-hetero) is 1. The fraction of sp³-hybridized carbons (Fsp3) is 0.467. The van der Waals surface area contributed by atoms with Crippen LogP contribution in [0.15, 0.2) is 12.1 Å². The molecule has 0 aliphatic carbocycles. The molecule has 7 heteroatoms. The maximum atomic E-state index is 12.4. The highest BCUT2D eigenvalue weighted by Crippen LogP contribution is 2.44. The Balaban J connectivity index is 1.84. The van der Waals surface area contributed by atoms with Gasteiger partial charge >= 0.3 is 6.09 Å². The second-order valence-corrected chi connectivity index (χ2v) is 6.45. The first-order chi connectivity index (χ1) is 10.4. The van der Waals surface area contributed by atoms with Gasteiger partial charge in [0, 0.05) is 31.0 Å². The Morgan fingerprint density at radius 2 is 2.00 bits per heavy atom. The molecule has 3 rings (SSSR count). The lowest BCUT2D eigenvalue weighted by molar-refractivity contribution is -0.00700. The van der Waals surface area contributed by atoms with Crippen molar-refractivity contribution in [1.82, 2.24) is 4.90 Å². The first-order valence-electron chi connectivity index (χ1n) is 6.98. The van der Waals surface area contributed by atoms with Crippen molar-refractivity contribution in [3.8, 4) is 5.75 Å². The molecule has 0 N–H and O–H groups in total. The number of carbonyl (C=O) groups excluding carboxylic acids is 2. The molecule has 0 saturated carbocycles. The Morgan fingerprint density at radius 1 is 1.32 bits per heavy atom. The van der Waals surface area contributed by atoms with E-state index in [1.165, 1.54) is 7.11 Å². The number of hydrogen-bond donors (Lipinski definition) is 0. The molecule has 0 radical (unpaired) electrons. The average molecular weight is 344 g/mol. The second-order valence-electron chi connectivity index (χ2n) is 5.61. The van der Waals surface area contributed by atoms with Crippen molar-refractivity contribution < 1.29 is 19.1 Å². The maximum absolute atomic E-state index is 12.4. The molecule has 5 nitrogen and oxygen atoms in total. The highest BCUT2D eigenvalue weighted by Gasteiger charge is 2.44. The van der Waals surface area contributed by atoms with E-state index in [0.717, 1.165) is 0 Å². The van der Waals surface area contributed by atoms with Crippen LogP contribution in [0.4, 0.5) is 4.79 Å². The average Bonchev–Trinajstić information content (AvgIpc) is 2.49. The van der Waals surface area contributed by atoms with Gasteiger partial charge in [-0.3, -0.25) is 4.79 Å². The van der Waals surface area contributed by atoms with Gasteiger partial charge < -0.3 is 14.4 Å². The number of carbonyl (C=O) groups is 2. The number of rotatable bonds is 0. The van der Waals surface area contributed by atoms with Crippen LogP contribution < -0.4 is 4.74 Å². The number of amides is 1. The largest absolute Gasteiger partial charge is 0.484 e. The molecule has 0 bridgehead atoms. The summed E-state index contributed by atoms with van der Waals surface area (Å²) in [6.45, 7) is 0.973. The third-order valence-corrected chi connectivity index (χ3v) is 4.72. The lowest BCUT2D eigenvalue weighted by Gasteiger charge is -2.43. The number of ketones is 1. The molecule has 1 saturated heterocycles. The van der Waals surface area contributed by atoms with Gasteiger partial charge in [-0.25, -0.2) is 4.79 Å². The van der Waals surface area contributed by atoms with Crippen LogP contribution in [0.3, 0.4) is 0 Å². The lowest BCUT2D eigenvalue weighted by atomic mass is 9.82. The third kappa shape index (κ3) is 2.63. The van der Waals surface area contributed by atoms with Crippen molar-refractivity contribution in [2.24, 2.45) is 0 Å². The fourth-order valence-electron chi connectivity index (χ4n) is 3.02. The molecule has 0 atom stereocenters. The van der Waals surface area contributed by atoms with Gasteiger partial charge in [0.25, 0.3) is 0 Å². The minimum absolute atomic E-state index is 0.0304. The predicted molar refractivity (Wildman–Crippen MR) is 82.0 cm³/mol. The molecular weight excluding hydrogens is 329 g/mol. The van der Waals surface area contributed by atoms with Gasteiger partial charge in [0.05, 0.1) is 24.1 Å². The van der Waals surface area contributed by atoms with Crippen LogP contribution in [0.5, 0.6) is 5.75 Å². The molecule has 22 heavy (non-hydrogen) atoms. The van der Waals surface area contributed by atoms with E-state index < -0.39 is 5.60 Å². The zero-order valence-corrected chi connectivity index (χ0v) is 13.5. The molecular formula is C15H15Cl2NO4. The van der Waals surface area contributed by atoms with Gasteiger partial charge in [-0.1, -0.05) is 23.2 Å². The zero-order valence-electron chi connectivity index (χ0n) is 12.0. The van der Waals surface area contributed by atoms with Gasteiger partial charge in [-0.2, -0.15) is 0 Å². The van der Waals surface area contributed by atoms with E-state index in [1.54, 1.807) is 17.0 Å². The standard InChI is InChI=1S/C15H15Cl2NO4/c1-21-14(20)18-4-2-15(3-5-18)8-12(19)10-6-9(16)7-11(17)13(10)22-15/h6-7H,2-5,8H2,1H3. The van der Waals surface area contributed by atoms with Crippen LogP contribution in [0.25, 0.3) is 0 Å². The Labute approximate surface area is 138 Å². The number of hydrogen-bond acceptors (Lipinski definition) is 4. The number of fused-ring (bicyclic) bond motifs is 1. The number of nitrogens with zero attached hydrogens (tertiary/aromatic N) is 1. The van der Waals surface area contributed by atoms with Crippen LogP contribution in [0.1, 0.15) is 29.6 Å². The smallest absolute Gasteiger partial charge is 0.409 e. The summed E-state index contributed by atoms with van der Waals surface area (Å²) in [5, 5.41) is 0.752. The molecule has 118 valence electrons. The van der Waals surface area contributed by atoms with E-state index in [-0.39, 0.29) is 18.3 Å². The van der Waals surface area contributed by atoms with Crippen molar-refractivity contribution in [3.63, 3.8) is 0 Å². The topological polar surface area (TPSA) is 55.8 Å². The van der Waals surface area contributed by atoms with Crippen LogP contribution in [0.2, 0.25) is 10.0 Å². The molecule has 1 aromatic carbocycles. The summed E-state index contributed by atoms with van der Waals surface area (Å²) < 4.78 is 10.8. The molecule has 1 aromatic rings. The summed E-state index contributed by atoms with van der Waals surface area (Å²) in [7, 11) is 1.35. The first-order valence-corrected chi connectivity index (χ1v) is 7.74. The van der Waals surface area contributed by atoms with Crippen LogP contribution in [0, 0.1) is 0 Å². The van der Waals surface area contributed by atoms with E-state index in [1.807, 2.05) is 0 Å². The first kappa shape index (κ1) is 15.4. The minimum atomic E-state index is -0.605. The number of halogens is 2. The summed E-state index contributed by atoms with van der Waals surface area (Å²) in [5.74, 6) is 0.367. The van der Waals surface area contributed by atoms with E-state index in [4.69, 9.17) is 32.7 Å². The minimum Gasteiger partial charge on any atom is -0.484 e. The van der Waals surface area contributed by atoms with Crippen molar-refractivity contribution in [1.29, 1.82) is 0 Å². The number of methoxy groups -OCH3 is 1. The second kappa shape index (κ2) is 5.63.